The lowest BCUT2D eigenvalue weighted by molar-refractivity contribution is -0.123. The zero-order valence-corrected chi connectivity index (χ0v) is 19.1. The molecule has 5 nitrogen and oxygen atoms in total. The van der Waals surface area contributed by atoms with Crippen molar-refractivity contribution in [2.24, 2.45) is 5.73 Å². The van der Waals surface area contributed by atoms with Gasteiger partial charge in [-0.25, -0.2) is 4.98 Å². The number of fused-ring (bicyclic) bond motifs is 1. The molecule has 3 aromatic rings. The minimum absolute atomic E-state index is 0.0896. The zero-order valence-electron chi connectivity index (χ0n) is 19.1. The van der Waals surface area contributed by atoms with Gasteiger partial charge in [-0.15, -0.1) is 0 Å². The van der Waals surface area contributed by atoms with Crippen LogP contribution < -0.4 is 16.4 Å². The van der Waals surface area contributed by atoms with Crippen LogP contribution in [-0.2, 0) is 17.6 Å². The van der Waals surface area contributed by atoms with E-state index >= 15 is 0 Å². The van der Waals surface area contributed by atoms with E-state index in [1.54, 1.807) is 0 Å². The molecule has 0 saturated heterocycles. The summed E-state index contributed by atoms with van der Waals surface area (Å²) < 4.78 is 0. The van der Waals surface area contributed by atoms with Gasteiger partial charge in [-0.3, -0.25) is 4.79 Å². The molecule has 0 fully saturated rings. The highest BCUT2D eigenvalue weighted by Gasteiger charge is 2.26. The van der Waals surface area contributed by atoms with Crippen molar-refractivity contribution in [3.05, 3.63) is 93.7 Å². The van der Waals surface area contributed by atoms with Crippen LogP contribution in [0, 0.1) is 20.8 Å². The Bertz CT molecular complexity index is 1090. The van der Waals surface area contributed by atoms with Crippen molar-refractivity contribution < 1.29 is 4.79 Å². The van der Waals surface area contributed by atoms with Crippen LogP contribution in [0.25, 0.3) is 0 Å². The maximum absolute atomic E-state index is 13.0. The molecule has 32 heavy (non-hydrogen) atoms. The van der Waals surface area contributed by atoms with Crippen LogP contribution in [0.1, 0.15) is 51.4 Å². The summed E-state index contributed by atoms with van der Waals surface area (Å²) in [6.07, 6.45) is 4.07. The number of rotatable bonds is 6. The topological polar surface area (TPSA) is 80.0 Å². The van der Waals surface area contributed by atoms with Crippen molar-refractivity contribution in [1.29, 1.82) is 0 Å². The number of nitrogens with zero attached hydrogens (tertiary/aromatic N) is 1. The van der Waals surface area contributed by atoms with Crippen molar-refractivity contribution in [1.82, 2.24) is 10.3 Å². The van der Waals surface area contributed by atoms with Crippen LogP contribution in [-0.4, -0.2) is 23.5 Å². The predicted molar refractivity (Wildman–Crippen MR) is 130 cm³/mol. The van der Waals surface area contributed by atoms with Crippen molar-refractivity contribution in [3.8, 4) is 0 Å². The molecule has 1 aliphatic heterocycles. The molecular weight excluding hydrogens is 396 g/mol. The number of pyridine rings is 1. The van der Waals surface area contributed by atoms with E-state index in [0.29, 0.717) is 6.42 Å². The maximum Gasteiger partial charge on any atom is 0.237 e. The van der Waals surface area contributed by atoms with E-state index in [1.165, 1.54) is 22.3 Å². The molecule has 4 N–H and O–H groups in total. The lowest BCUT2D eigenvalue weighted by Gasteiger charge is -2.28. The number of hydrogen-bond acceptors (Lipinski definition) is 4. The Balaban J connectivity index is 1.48. The number of amides is 1. The number of benzene rings is 2. The van der Waals surface area contributed by atoms with Gasteiger partial charge in [0.25, 0.3) is 0 Å². The van der Waals surface area contributed by atoms with Gasteiger partial charge in [-0.2, -0.15) is 0 Å². The van der Waals surface area contributed by atoms with Crippen molar-refractivity contribution >= 4 is 11.7 Å². The van der Waals surface area contributed by atoms with E-state index in [-0.39, 0.29) is 11.9 Å². The summed E-state index contributed by atoms with van der Waals surface area (Å²) in [6, 6.07) is 16.1. The smallest absolute Gasteiger partial charge is 0.237 e. The Kier molecular flexibility index (Phi) is 6.56. The van der Waals surface area contributed by atoms with Gasteiger partial charge >= 0.3 is 0 Å². The fraction of sp³-hybridized carbons (Fsp3) is 0.333. The van der Waals surface area contributed by atoms with E-state index in [2.05, 4.69) is 66.7 Å². The van der Waals surface area contributed by atoms with Gasteiger partial charge in [0.05, 0.1) is 12.1 Å². The Morgan fingerprint density at radius 1 is 1.12 bits per heavy atom. The molecule has 2 atom stereocenters. The van der Waals surface area contributed by atoms with Crippen LogP contribution in [0.4, 0.5) is 5.82 Å². The first-order valence-corrected chi connectivity index (χ1v) is 11.3. The molecule has 1 aromatic heterocycles. The monoisotopic (exact) mass is 428 g/mol. The third-order valence-corrected chi connectivity index (χ3v) is 6.24. The summed E-state index contributed by atoms with van der Waals surface area (Å²) in [6.45, 7) is 7.03. The molecule has 0 saturated carbocycles. The number of aromatic nitrogens is 1. The van der Waals surface area contributed by atoms with Crippen LogP contribution in [0.2, 0.25) is 0 Å². The SMILES string of the molecule is Cc1cc(C)c(CC(N)C(=O)NC2CCNc3ncc(Cc4ccccc4)cc32)c(C)c1. The molecule has 1 aliphatic rings. The van der Waals surface area contributed by atoms with Gasteiger partial charge in [0.2, 0.25) is 5.91 Å². The largest absolute Gasteiger partial charge is 0.370 e. The molecule has 0 radical (unpaired) electrons. The van der Waals surface area contributed by atoms with Gasteiger partial charge in [-0.05, 0) is 73.9 Å². The highest BCUT2D eigenvalue weighted by Crippen LogP contribution is 2.29. The number of nitrogens with one attached hydrogen (secondary N) is 2. The van der Waals surface area contributed by atoms with Gasteiger partial charge in [0, 0.05) is 18.3 Å². The second-order valence-corrected chi connectivity index (χ2v) is 8.91. The second kappa shape index (κ2) is 9.53. The highest BCUT2D eigenvalue weighted by molar-refractivity contribution is 5.82. The van der Waals surface area contributed by atoms with E-state index in [9.17, 15) is 4.79 Å². The summed E-state index contributed by atoms with van der Waals surface area (Å²) in [5.41, 5.74) is 14.5. The van der Waals surface area contributed by atoms with Gasteiger partial charge in [-0.1, -0.05) is 48.0 Å². The second-order valence-electron chi connectivity index (χ2n) is 8.91. The number of nitrogens with two attached hydrogens (primary N) is 1. The first kappa shape index (κ1) is 22.0. The van der Waals surface area contributed by atoms with Gasteiger partial charge in [0.15, 0.2) is 0 Å². The van der Waals surface area contributed by atoms with E-state index < -0.39 is 6.04 Å². The number of carbonyl (C=O) groups excluding carboxylic acids is 1. The number of carbonyl (C=O) groups is 1. The third-order valence-electron chi connectivity index (χ3n) is 6.24. The van der Waals surface area contributed by atoms with Crippen molar-refractivity contribution in [2.75, 3.05) is 11.9 Å². The number of anilines is 1. The van der Waals surface area contributed by atoms with Crippen LogP contribution in [0.3, 0.4) is 0 Å². The molecule has 2 aromatic carbocycles. The average molecular weight is 429 g/mol. The lowest BCUT2D eigenvalue weighted by atomic mass is 9.93. The molecule has 2 unspecified atom stereocenters. The summed E-state index contributed by atoms with van der Waals surface area (Å²) in [5.74, 6) is 0.729. The minimum Gasteiger partial charge on any atom is -0.370 e. The molecule has 0 bridgehead atoms. The summed E-state index contributed by atoms with van der Waals surface area (Å²) in [5, 5.41) is 6.55. The predicted octanol–water partition coefficient (Wildman–Crippen LogP) is 4.14. The molecule has 1 amide bonds. The zero-order chi connectivity index (χ0) is 22.7. The molecule has 5 heteroatoms. The molecule has 2 heterocycles. The fourth-order valence-electron chi connectivity index (χ4n) is 4.63. The molecule has 166 valence electrons. The molecule has 4 rings (SSSR count). The fourth-order valence-corrected chi connectivity index (χ4v) is 4.63. The third kappa shape index (κ3) is 5.00. The van der Waals surface area contributed by atoms with Crippen molar-refractivity contribution in [3.63, 3.8) is 0 Å². The van der Waals surface area contributed by atoms with E-state index in [4.69, 9.17) is 5.73 Å². The van der Waals surface area contributed by atoms with Gasteiger partial charge in [0.1, 0.15) is 5.82 Å². The summed E-state index contributed by atoms with van der Waals surface area (Å²) >= 11 is 0. The molecule has 0 aliphatic carbocycles. The Morgan fingerprint density at radius 2 is 1.84 bits per heavy atom. The number of aryl methyl sites for hydroxylation is 3. The summed E-state index contributed by atoms with van der Waals surface area (Å²) in [7, 11) is 0. The first-order valence-electron chi connectivity index (χ1n) is 11.3. The van der Waals surface area contributed by atoms with Crippen LogP contribution >= 0.6 is 0 Å². The Morgan fingerprint density at radius 3 is 2.56 bits per heavy atom. The minimum atomic E-state index is -0.589. The Labute approximate surface area is 190 Å². The van der Waals surface area contributed by atoms with Crippen molar-refractivity contribution in [2.45, 2.75) is 52.1 Å². The lowest BCUT2D eigenvalue weighted by Crippen LogP contribution is -2.45. The highest BCUT2D eigenvalue weighted by atomic mass is 16.2. The first-order chi connectivity index (χ1) is 15.4. The Hall–Kier alpha value is -3.18. The van der Waals surface area contributed by atoms with Gasteiger partial charge < -0.3 is 16.4 Å². The molecular formula is C27H32N4O. The van der Waals surface area contributed by atoms with E-state index in [1.807, 2.05) is 24.4 Å². The maximum atomic E-state index is 13.0. The molecule has 0 spiro atoms. The summed E-state index contributed by atoms with van der Waals surface area (Å²) in [4.78, 5) is 17.6. The van der Waals surface area contributed by atoms with Crippen LogP contribution in [0.15, 0.2) is 54.7 Å². The van der Waals surface area contributed by atoms with Crippen LogP contribution in [0.5, 0.6) is 0 Å². The number of hydrogen-bond donors (Lipinski definition) is 3. The quantitative estimate of drug-likeness (QED) is 0.551. The standard InChI is InChI=1S/C27H32N4O/c1-17-11-18(2)22(19(3)12-17)15-24(28)27(32)31-25-9-10-29-26-23(25)14-21(16-30-26)13-20-7-5-4-6-8-20/h4-8,11-12,14,16,24-25H,9-10,13,15,28H2,1-3H3,(H,29,30)(H,31,32). The normalized spacial score (nSPS) is 16.1. The average Bonchev–Trinajstić information content (AvgIpc) is 2.77. The van der Waals surface area contributed by atoms with E-state index in [0.717, 1.165) is 41.9 Å².